The van der Waals surface area contributed by atoms with E-state index in [1.165, 1.54) is 30.4 Å². The van der Waals surface area contributed by atoms with Crippen molar-refractivity contribution in [2.75, 3.05) is 30.1 Å². The first kappa shape index (κ1) is 22.6. The van der Waals surface area contributed by atoms with Crippen LogP contribution >= 0.6 is 11.3 Å². The maximum Gasteiger partial charge on any atom is 0.273 e. The molecule has 0 aliphatic carbocycles. The fourth-order valence-corrected chi connectivity index (χ4v) is 5.46. The van der Waals surface area contributed by atoms with Crippen molar-refractivity contribution in [3.8, 4) is 17.2 Å². The zero-order chi connectivity index (χ0) is 23.6. The molecule has 0 atom stereocenters. The SMILES string of the molecule is CC(=O)c1cc2c(cc1NC(=O)COc1ccc(N(C)S(=O)(=O)c3cccs3)cc1)OCO2. The summed E-state index contributed by atoms with van der Waals surface area (Å²) in [6.45, 7) is 1.13. The van der Waals surface area contributed by atoms with Crippen LogP contribution in [0.2, 0.25) is 0 Å². The Morgan fingerprint density at radius 1 is 1.12 bits per heavy atom. The summed E-state index contributed by atoms with van der Waals surface area (Å²) in [5.74, 6) is 0.557. The number of amides is 1. The van der Waals surface area contributed by atoms with Crippen LogP contribution < -0.4 is 23.8 Å². The second-order valence-corrected chi connectivity index (χ2v) is 10.2. The molecule has 1 aliphatic rings. The van der Waals surface area contributed by atoms with Gasteiger partial charge in [0.1, 0.15) is 9.96 Å². The Labute approximate surface area is 194 Å². The number of sulfonamides is 1. The van der Waals surface area contributed by atoms with Crippen molar-refractivity contribution in [1.29, 1.82) is 0 Å². The molecule has 33 heavy (non-hydrogen) atoms. The molecule has 4 rings (SSSR count). The number of carbonyl (C=O) groups is 2. The van der Waals surface area contributed by atoms with E-state index >= 15 is 0 Å². The van der Waals surface area contributed by atoms with Gasteiger partial charge in [0, 0.05) is 18.7 Å². The number of hydrogen-bond donors (Lipinski definition) is 1. The van der Waals surface area contributed by atoms with Crippen molar-refractivity contribution < 1.29 is 32.2 Å². The average Bonchev–Trinajstić information content (AvgIpc) is 3.49. The highest BCUT2D eigenvalue weighted by Gasteiger charge is 2.23. The summed E-state index contributed by atoms with van der Waals surface area (Å²) in [6.07, 6.45) is 0. The van der Waals surface area contributed by atoms with Crippen LogP contribution in [0.15, 0.2) is 58.1 Å². The van der Waals surface area contributed by atoms with Gasteiger partial charge in [-0.1, -0.05) is 6.07 Å². The van der Waals surface area contributed by atoms with Crippen LogP contribution in [0.4, 0.5) is 11.4 Å². The quantitative estimate of drug-likeness (QED) is 0.483. The van der Waals surface area contributed by atoms with Gasteiger partial charge in [-0.2, -0.15) is 0 Å². The van der Waals surface area contributed by atoms with Crippen LogP contribution in [-0.4, -0.2) is 40.6 Å². The third-order valence-corrected chi connectivity index (χ3v) is 8.00. The van der Waals surface area contributed by atoms with Gasteiger partial charge in [0.05, 0.1) is 11.4 Å². The van der Waals surface area contributed by atoms with Gasteiger partial charge in [0.25, 0.3) is 15.9 Å². The van der Waals surface area contributed by atoms with E-state index in [0.29, 0.717) is 34.2 Å². The van der Waals surface area contributed by atoms with E-state index < -0.39 is 15.9 Å². The first-order valence-corrected chi connectivity index (χ1v) is 12.1. The number of rotatable bonds is 8. The number of nitrogens with zero attached hydrogens (tertiary/aromatic N) is 1. The first-order chi connectivity index (χ1) is 15.8. The molecule has 0 fully saturated rings. The minimum Gasteiger partial charge on any atom is -0.484 e. The molecule has 11 heteroatoms. The number of anilines is 2. The standard InChI is InChI=1S/C22H20N2O7S2/c1-14(25)17-10-19-20(31-13-30-19)11-18(17)23-21(26)12-29-16-7-5-15(6-8-16)24(2)33(27,28)22-4-3-9-32-22/h3-11H,12-13H2,1-2H3,(H,23,26). The smallest absolute Gasteiger partial charge is 0.273 e. The van der Waals surface area contributed by atoms with E-state index in [9.17, 15) is 18.0 Å². The Hall–Kier alpha value is -3.57. The Balaban J connectivity index is 1.39. The predicted octanol–water partition coefficient (Wildman–Crippen LogP) is 3.52. The number of carbonyl (C=O) groups excluding carboxylic acids is 2. The van der Waals surface area contributed by atoms with Crippen LogP contribution in [-0.2, 0) is 14.8 Å². The highest BCUT2D eigenvalue weighted by atomic mass is 32.2. The largest absolute Gasteiger partial charge is 0.484 e. The molecular formula is C22H20N2O7S2. The van der Waals surface area contributed by atoms with E-state index in [-0.39, 0.29) is 23.4 Å². The van der Waals surface area contributed by atoms with Gasteiger partial charge in [0.15, 0.2) is 23.9 Å². The van der Waals surface area contributed by atoms with Crippen molar-refractivity contribution in [3.05, 3.63) is 59.5 Å². The summed E-state index contributed by atoms with van der Waals surface area (Å²) in [6, 6.07) is 12.6. The number of ether oxygens (including phenoxy) is 3. The minimum absolute atomic E-state index is 0.0486. The van der Waals surface area contributed by atoms with Crippen LogP contribution in [0.25, 0.3) is 0 Å². The molecule has 9 nitrogen and oxygen atoms in total. The van der Waals surface area contributed by atoms with E-state index in [2.05, 4.69) is 5.32 Å². The van der Waals surface area contributed by atoms with E-state index in [1.54, 1.807) is 41.8 Å². The lowest BCUT2D eigenvalue weighted by Gasteiger charge is -2.18. The van der Waals surface area contributed by atoms with Crippen LogP contribution in [0.5, 0.6) is 17.2 Å². The molecule has 1 amide bonds. The Bertz CT molecular complexity index is 1290. The van der Waals surface area contributed by atoms with Gasteiger partial charge in [0.2, 0.25) is 6.79 Å². The van der Waals surface area contributed by atoms with Gasteiger partial charge in [-0.15, -0.1) is 11.3 Å². The topological polar surface area (TPSA) is 111 Å². The predicted molar refractivity (Wildman–Crippen MR) is 123 cm³/mol. The lowest BCUT2D eigenvalue weighted by atomic mass is 10.1. The molecule has 2 aromatic carbocycles. The molecule has 1 aliphatic heterocycles. The first-order valence-electron chi connectivity index (χ1n) is 9.75. The molecule has 0 bridgehead atoms. The van der Waals surface area contributed by atoms with Crippen molar-refractivity contribution in [3.63, 3.8) is 0 Å². The molecule has 0 saturated carbocycles. The van der Waals surface area contributed by atoms with E-state index in [4.69, 9.17) is 14.2 Å². The van der Waals surface area contributed by atoms with Gasteiger partial charge >= 0.3 is 0 Å². The van der Waals surface area contributed by atoms with Crippen molar-refractivity contribution in [2.45, 2.75) is 11.1 Å². The number of hydrogen-bond acceptors (Lipinski definition) is 8. The molecular weight excluding hydrogens is 468 g/mol. The molecule has 2 heterocycles. The van der Waals surface area contributed by atoms with Gasteiger partial charge < -0.3 is 19.5 Å². The van der Waals surface area contributed by atoms with Gasteiger partial charge in [-0.3, -0.25) is 13.9 Å². The molecule has 1 aromatic heterocycles. The van der Waals surface area contributed by atoms with Crippen LogP contribution in [0, 0.1) is 0 Å². The van der Waals surface area contributed by atoms with Crippen molar-refractivity contribution in [2.24, 2.45) is 0 Å². The maximum absolute atomic E-state index is 12.6. The fourth-order valence-electron chi connectivity index (χ4n) is 3.11. The Kier molecular flexibility index (Phi) is 6.25. The average molecular weight is 489 g/mol. The summed E-state index contributed by atoms with van der Waals surface area (Å²) in [7, 11) is -2.17. The summed E-state index contributed by atoms with van der Waals surface area (Å²) >= 11 is 1.14. The lowest BCUT2D eigenvalue weighted by Crippen LogP contribution is -2.25. The highest BCUT2D eigenvalue weighted by Crippen LogP contribution is 2.37. The third-order valence-electron chi connectivity index (χ3n) is 4.85. The second-order valence-electron chi connectivity index (χ2n) is 7.04. The maximum atomic E-state index is 12.6. The molecule has 0 saturated heterocycles. The highest BCUT2D eigenvalue weighted by molar-refractivity contribution is 7.94. The summed E-state index contributed by atoms with van der Waals surface area (Å²) < 4.78 is 42.8. The number of Topliss-reactive ketones (excluding diaryl/α,β-unsaturated/α-hetero) is 1. The summed E-state index contributed by atoms with van der Waals surface area (Å²) in [5, 5.41) is 4.35. The molecule has 1 N–H and O–H groups in total. The summed E-state index contributed by atoms with van der Waals surface area (Å²) in [5.41, 5.74) is 1.05. The number of nitrogens with one attached hydrogen (secondary N) is 1. The normalized spacial score (nSPS) is 12.3. The number of ketones is 1. The monoisotopic (exact) mass is 488 g/mol. The number of thiophene rings is 1. The molecule has 3 aromatic rings. The van der Waals surface area contributed by atoms with Gasteiger partial charge in [-0.05, 0) is 48.7 Å². The fraction of sp³-hybridized carbons (Fsp3) is 0.182. The van der Waals surface area contributed by atoms with Gasteiger partial charge in [-0.25, -0.2) is 8.42 Å². The molecule has 0 spiro atoms. The van der Waals surface area contributed by atoms with E-state index in [1.807, 2.05) is 0 Å². The Morgan fingerprint density at radius 3 is 2.45 bits per heavy atom. The van der Waals surface area contributed by atoms with Crippen LogP contribution in [0.1, 0.15) is 17.3 Å². The second kappa shape index (κ2) is 9.12. The molecule has 0 radical (unpaired) electrons. The van der Waals surface area contributed by atoms with Crippen LogP contribution in [0.3, 0.4) is 0 Å². The minimum atomic E-state index is -3.64. The van der Waals surface area contributed by atoms with Crippen molar-refractivity contribution >= 4 is 44.4 Å². The molecule has 172 valence electrons. The Morgan fingerprint density at radius 2 is 1.82 bits per heavy atom. The number of fused-ring (bicyclic) bond motifs is 1. The zero-order valence-corrected chi connectivity index (χ0v) is 19.4. The van der Waals surface area contributed by atoms with Crippen molar-refractivity contribution in [1.82, 2.24) is 0 Å². The molecule has 0 unspecified atom stereocenters. The zero-order valence-electron chi connectivity index (χ0n) is 17.7. The van der Waals surface area contributed by atoms with E-state index in [0.717, 1.165) is 11.3 Å². The number of benzene rings is 2. The summed E-state index contributed by atoms with van der Waals surface area (Å²) in [4.78, 5) is 24.3. The third kappa shape index (κ3) is 4.78. The lowest BCUT2D eigenvalue weighted by molar-refractivity contribution is -0.118.